The molecule has 2 rings (SSSR count). The van der Waals surface area contributed by atoms with Crippen LogP contribution in [0.3, 0.4) is 0 Å². The number of aromatic amines is 1. The Hall–Kier alpha value is -1.95. The third-order valence-electron chi connectivity index (χ3n) is 3.31. The summed E-state index contributed by atoms with van der Waals surface area (Å²) in [5.41, 5.74) is -2.72. The van der Waals surface area contributed by atoms with E-state index >= 15 is 0 Å². The van der Waals surface area contributed by atoms with E-state index in [9.17, 15) is 20.0 Å². The Kier molecular flexibility index (Phi) is 3.28. The molecule has 2 heterocycles. The largest absolute Gasteiger partial charge is 0.394 e. The average Bonchev–Trinajstić information content (AvgIpc) is 2.63. The molecule has 4 atom stereocenters. The molecule has 0 aromatic carbocycles. The lowest BCUT2D eigenvalue weighted by Gasteiger charge is -2.25. The molecule has 0 radical (unpaired) electrons. The van der Waals surface area contributed by atoms with Gasteiger partial charge in [0, 0.05) is 12.3 Å². The molecular weight excluding hydrogens is 254 g/mol. The lowest BCUT2D eigenvalue weighted by atomic mass is 9.84. The second kappa shape index (κ2) is 4.62. The molecule has 102 valence electrons. The molecule has 8 heteroatoms. The minimum absolute atomic E-state index is 0.479. The summed E-state index contributed by atoms with van der Waals surface area (Å²) in [6, 6.07) is 3.02. The normalized spacial score (nSPS) is 34.1. The molecule has 1 aliphatic heterocycles. The van der Waals surface area contributed by atoms with Gasteiger partial charge >= 0.3 is 5.69 Å². The van der Waals surface area contributed by atoms with Crippen molar-refractivity contribution in [2.45, 2.75) is 25.4 Å². The summed E-state index contributed by atoms with van der Waals surface area (Å²) in [5.74, 6) is 0. The molecule has 1 fully saturated rings. The minimum Gasteiger partial charge on any atom is -0.394 e. The summed E-state index contributed by atoms with van der Waals surface area (Å²) >= 11 is 0. The van der Waals surface area contributed by atoms with E-state index in [1.165, 1.54) is 13.1 Å². The smallest absolute Gasteiger partial charge is 0.330 e. The Bertz CT molecular complexity index is 630. The van der Waals surface area contributed by atoms with Gasteiger partial charge in [0.2, 0.25) is 0 Å². The van der Waals surface area contributed by atoms with Gasteiger partial charge in [0.25, 0.3) is 5.56 Å². The van der Waals surface area contributed by atoms with E-state index in [2.05, 4.69) is 0 Å². The zero-order valence-electron chi connectivity index (χ0n) is 10.1. The van der Waals surface area contributed by atoms with Crippen molar-refractivity contribution >= 4 is 0 Å². The number of rotatable bonds is 2. The molecule has 3 N–H and O–H groups in total. The summed E-state index contributed by atoms with van der Waals surface area (Å²) < 4.78 is 6.37. The van der Waals surface area contributed by atoms with Crippen molar-refractivity contribution in [2.24, 2.45) is 5.41 Å². The number of ether oxygens (including phenoxy) is 1. The van der Waals surface area contributed by atoms with Gasteiger partial charge in [-0.2, -0.15) is 5.26 Å². The van der Waals surface area contributed by atoms with E-state index in [0.29, 0.717) is 0 Å². The van der Waals surface area contributed by atoms with Crippen LogP contribution < -0.4 is 11.2 Å². The first-order valence-electron chi connectivity index (χ1n) is 5.61. The van der Waals surface area contributed by atoms with E-state index < -0.39 is 41.7 Å². The van der Waals surface area contributed by atoms with Crippen LogP contribution in [0.5, 0.6) is 0 Å². The number of H-pyrrole nitrogens is 1. The summed E-state index contributed by atoms with van der Waals surface area (Å²) in [4.78, 5) is 24.8. The summed E-state index contributed by atoms with van der Waals surface area (Å²) in [5, 5.41) is 28.3. The molecule has 1 saturated heterocycles. The van der Waals surface area contributed by atoms with Crippen LogP contribution in [0.1, 0.15) is 13.2 Å². The van der Waals surface area contributed by atoms with E-state index in [-0.39, 0.29) is 0 Å². The third-order valence-corrected chi connectivity index (χ3v) is 3.31. The van der Waals surface area contributed by atoms with Crippen LogP contribution >= 0.6 is 0 Å². The van der Waals surface area contributed by atoms with Gasteiger partial charge in [0.05, 0.1) is 12.7 Å². The van der Waals surface area contributed by atoms with E-state index in [0.717, 1.165) is 10.6 Å². The molecule has 8 nitrogen and oxygen atoms in total. The SMILES string of the molecule is C[C@@]1(C#N)[C@H](O)C(CO)O[C@@H]1n1ccc(=O)[nH]c1=O. The number of nitrogens with one attached hydrogen (secondary N) is 1. The van der Waals surface area contributed by atoms with Crippen molar-refractivity contribution in [3.8, 4) is 6.07 Å². The number of aromatic nitrogens is 2. The van der Waals surface area contributed by atoms with Crippen molar-refractivity contribution in [1.29, 1.82) is 5.26 Å². The highest BCUT2D eigenvalue weighted by molar-refractivity contribution is 5.11. The molecule has 0 bridgehead atoms. The highest BCUT2D eigenvalue weighted by Gasteiger charge is 2.54. The number of nitriles is 1. The Morgan fingerprint density at radius 2 is 2.32 bits per heavy atom. The van der Waals surface area contributed by atoms with Crippen LogP contribution in [0.25, 0.3) is 0 Å². The monoisotopic (exact) mass is 267 g/mol. The van der Waals surface area contributed by atoms with Gasteiger partial charge in [-0.25, -0.2) is 4.79 Å². The first-order valence-corrected chi connectivity index (χ1v) is 5.61. The predicted octanol–water partition coefficient (Wildman–Crippen LogP) is -1.68. The van der Waals surface area contributed by atoms with Gasteiger partial charge in [-0.05, 0) is 6.92 Å². The van der Waals surface area contributed by atoms with Gasteiger partial charge in [-0.1, -0.05) is 0 Å². The topological polar surface area (TPSA) is 128 Å². The molecular formula is C11H13N3O5. The Morgan fingerprint density at radius 3 is 2.84 bits per heavy atom. The molecule has 19 heavy (non-hydrogen) atoms. The Balaban J connectivity index is 2.52. The summed E-state index contributed by atoms with van der Waals surface area (Å²) in [6.45, 7) is 0.947. The van der Waals surface area contributed by atoms with Gasteiger partial charge in [0.15, 0.2) is 6.23 Å². The van der Waals surface area contributed by atoms with Crippen LogP contribution in [0, 0.1) is 16.7 Å². The maximum absolute atomic E-state index is 11.7. The second-order valence-corrected chi connectivity index (χ2v) is 4.57. The maximum Gasteiger partial charge on any atom is 0.330 e. The van der Waals surface area contributed by atoms with Crippen molar-refractivity contribution in [3.05, 3.63) is 33.1 Å². The number of aliphatic hydroxyl groups is 2. The molecule has 1 unspecified atom stereocenters. The zero-order valence-corrected chi connectivity index (χ0v) is 10.1. The molecule has 1 aromatic rings. The number of hydrogen-bond donors (Lipinski definition) is 3. The zero-order chi connectivity index (χ0) is 14.2. The minimum atomic E-state index is -1.41. The van der Waals surface area contributed by atoms with Gasteiger partial charge in [-0.15, -0.1) is 0 Å². The maximum atomic E-state index is 11.7. The quantitative estimate of drug-likeness (QED) is 0.587. The fourth-order valence-corrected chi connectivity index (χ4v) is 2.14. The van der Waals surface area contributed by atoms with Crippen LogP contribution in [-0.2, 0) is 4.74 Å². The molecule has 1 aromatic heterocycles. The van der Waals surface area contributed by atoms with Crippen LogP contribution in [0.2, 0.25) is 0 Å². The number of nitrogens with zero attached hydrogens (tertiary/aromatic N) is 2. The van der Waals surface area contributed by atoms with Crippen LogP contribution in [-0.4, -0.2) is 38.6 Å². The number of hydrogen-bond acceptors (Lipinski definition) is 6. The van der Waals surface area contributed by atoms with Crippen molar-refractivity contribution < 1.29 is 14.9 Å². The Labute approximate surface area is 107 Å². The highest BCUT2D eigenvalue weighted by atomic mass is 16.5. The van der Waals surface area contributed by atoms with Crippen molar-refractivity contribution in [1.82, 2.24) is 9.55 Å². The first-order chi connectivity index (χ1) is 8.93. The number of aliphatic hydroxyl groups excluding tert-OH is 2. The second-order valence-electron chi connectivity index (χ2n) is 4.57. The van der Waals surface area contributed by atoms with Gasteiger partial charge in [-0.3, -0.25) is 14.3 Å². The van der Waals surface area contributed by atoms with E-state index in [4.69, 9.17) is 9.84 Å². The summed E-state index contributed by atoms with van der Waals surface area (Å²) in [6.07, 6.45) is -2.11. The Morgan fingerprint density at radius 1 is 1.63 bits per heavy atom. The first kappa shape index (κ1) is 13.5. The average molecular weight is 267 g/mol. The lowest BCUT2D eigenvalue weighted by Crippen LogP contribution is -2.40. The summed E-state index contributed by atoms with van der Waals surface area (Å²) in [7, 11) is 0. The lowest BCUT2D eigenvalue weighted by molar-refractivity contribution is -0.0503. The van der Waals surface area contributed by atoms with Crippen molar-refractivity contribution in [3.63, 3.8) is 0 Å². The van der Waals surface area contributed by atoms with Gasteiger partial charge < -0.3 is 14.9 Å². The molecule has 0 saturated carbocycles. The van der Waals surface area contributed by atoms with Gasteiger partial charge in [0.1, 0.15) is 17.6 Å². The van der Waals surface area contributed by atoms with E-state index in [1.54, 1.807) is 0 Å². The van der Waals surface area contributed by atoms with Crippen LogP contribution in [0.15, 0.2) is 21.9 Å². The fraction of sp³-hybridized carbons (Fsp3) is 0.545. The predicted molar refractivity (Wildman–Crippen MR) is 62.0 cm³/mol. The third kappa shape index (κ3) is 1.98. The molecule has 0 aliphatic carbocycles. The van der Waals surface area contributed by atoms with Crippen molar-refractivity contribution in [2.75, 3.05) is 6.61 Å². The molecule has 1 aliphatic rings. The highest BCUT2D eigenvalue weighted by Crippen LogP contribution is 2.43. The molecule has 0 amide bonds. The molecule has 0 spiro atoms. The van der Waals surface area contributed by atoms with E-state index in [1.807, 2.05) is 11.1 Å². The van der Waals surface area contributed by atoms with Crippen LogP contribution in [0.4, 0.5) is 0 Å². The fourth-order valence-electron chi connectivity index (χ4n) is 2.14. The standard InChI is InChI=1S/C11H13N3O5/c1-11(5-12)8(17)6(4-15)19-9(11)14-3-2-7(16)13-10(14)18/h2-3,6,8-9,15,17H,4H2,1H3,(H,13,16,18)/t6?,8-,9+,11-/m1/s1.